The normalized spacial score (nSPS) is 16.8. The average Bonchev–Trinajstić information content (AvgIpc) is 2.50. The van der Waals surface area contributed by atoms with Crippen LogP contribution in [0, 0.1) is 0 Å². The molecule has 1 aliphatic rings. The van der Waals surface area contributed by atoms with E-state index in [4.69, 9.17) is 4.74 Å². The van der Waals surface area contributed by atoms with Crippen LogP contribution < -0.4 is 10.1 Å². The molecule has 1 unspecified atom stereocenters. The SMILES string of the molecule is O=C(NC1CCOc2ccccc21)c1cc(Br)ccc1Br. The Labute approximate surface area is 140 Å². The summed E-state index contributed by atoms with van der Waals surface area (Å²) in [5, 5.41) is 3.09. The van der Waals surface area contributed by atoms with E-state index < -0.39 is 0 Å². The number of amides is 1. The van der Waals surface area contributed by atoms with Crippen molar-refractivity contribution in [3.63, 3.8) is 0 Å². The predicted molar refractivity (Wildman–Crippen MR) is 88.6 cm³/mol. The summed E-state index contributed by atoms with van der Waals surface area (Å²) in [5.74, 6) is 0.757. The molecule has 21 heavy (non-hydrogen) atoms. The molecule has 1 atom stereocenters. The summed E-state index contributed by atoms with van der Waals surface area (Å²) < 4.78 is 7.27. The van der Waals surface area contributed by atoms with Gasteiger partial charge in [0.05, 0.1) is 18.2 Å². The number of nitrogens with one attached hydrogen (secondary N) is 1. The van der Waals surface area contributed by atoms with Gasteiger partial charge < -0.3 is 10.1 Å². The molecule has 1 amide bonds. The number of ether oxygens (including phenoxy) is 1. The van der Waals surface area contributed by atoms with Crippen LogP contribution in [0.25, 0.3) is 0 Å². The number of carbonyl (C=O) groups is 1. The van der Waals surface area contributed by atoms with Gasteiger partial charge in [0.25, 0.3) is 5.91 Å². The highest BCUT2D eigenvalue weighted by Crippen LogP contribution is 2.32. The summed E-state index contributed by atoms with van der Waals surface area (Å²) in [5.41, 5.74) is 1.65. The Morgan fingerprint density at radius 3 is 2.86 bits per heavy atom. The van der Waals surface area contributed by atoms with E-state index in [0.29, 0.717) is 12.2 Å². The zero-order valence-electron chi connectivity index (χ0n) is 11.1. The van der Waals surface area contributed by atoms with E-state index >= 15 is 0 Å². The van der Waals surface area contributed by atoms with Gasteiger partial charge in [-0.05, 0) is 40.2 Å². The van der Waals surface area contributed by atoms with Crippen LogP contribution in [-0.2, 0) is 0 Å². The summed E-state index contributed by atoms with van der Waals surface area (Å²) in [6, 6.07) is 13.4. The van der Waals surface area contributed by atoms with Crippen molar-refractivity contribution in [1.29, 1.82) is 0 Å². The minimum atomic E-state index is -0.0927. The first-order valence-corrected chi connectivity index (χ1v) is 8.21. The third-order valence-electron chi connectivity index (χ3n) is 3.44. The lowest BCUT2D eigenvalue weighted by Gasteiger charge is -2.26. The van der Waals surface area contributed by atoms with Crippen molar-refractivity contribution in [2.75, 3.05) is 6.61 Å². The second-order valence-electron chi connectivity index (χ2n) is 4.83. The van der Waals surface area contributed by atoms with Crippen LogP contribution in [0.5, 0.6) is 5.75 Å². The molecule has 3 rings (SSSR count). The van der Waals surface area contributed by atoms with E-state index in [2.05, 4.69) is 37.2 Å². The lowest BCUT2D eigenvalue weighted by Crippen LogP contribution is -2.32. The zero-order valence-corrected chi connectivity index (χ0v) is 14.3. The van der Waals surface area contributed by atoms with Crippen LogP contribution >= 0.6 is 31.9 Å². The van der Waals surface area contributed by atoms with Gasteiger partial charge in [0, 0.05) is 20.9 Å². The maximum absolute atomic E-state index is 12.5. The quantitative estimate of drug-likeness (QED) is 0.793. The second-order valence-corrected chi connectivity index (χ2v) is 6.60. The topological polar surface area (TPSA) is 38.3 Å². The highest BCUT2D eigenvalue weighted by atomic mass is 79.9. The van der Waals surface area contributed by atoms with E-state index in [1.807, 2.05) is 42.5 Å². The number of halogens is 2. The van der Waals surface area contributed by atoms with E-state index in [0.717, 1.165) is 26.7 Å². The minimum Gasteiger partial charge on any atom is -0.493 e. The molecule has 1 N–H and O–H groups in total. The third-order valence-corrected chi connectivity index (χ3v) is 4.62. The van der Waals surface area contributed by atoms with Crippen LogP contribution in [0.15, 0.2) is 51.4 Å². The highest BCUT2D eigenvalue weighted by Gasteiger charge is 2.23. The van der Waals surface area contributed by atoms with Gasteiger partial charge >= 0.3 is 0 Å². The van der Waals surface area contributed by atoms with E-state index in [1.54, 1.807) is 0 Å². The van der Waals surface area contributed by atoms with E-state index in [1.165, 1.54) is 0 Å². The predicted octanol–water partition coefficient (Wildman–Crippen LogP) is 4.47. The third kappa shape index (κ3) is 3.14. The van der Waals surface area contributed by atoms with Gasteiger partial charge in [-0.1, -0.05) is 34.1 Å². The van der Waals surface area contributed by atoms with Crippen LogP contribution in [-0.4, -0.2) is 12.5 Å². The lowest BCUT2D eigenvalue weighted by atomic mass is 10.00. The van der Waals surface area contributed by atoms with Crippen molar-refractivity contribution in [1.82, 2.24) is 5.32 Å². The van der Waals surface area contributed by atoms with Crippen LogP contribution in [0.2, 0.25) is 0 Å². The summed E-state index contributed by atoms with van der Waals surface area (Å²) >= 11 is 6.82. The zero-order chi connectivity index (χ0) is 14.8. The number of carbonyl (C=O) groups excluding carboxylic acids is 1. The molecule has 0 spiro atoms. The van der Waals surface area contributed by atoms with Crippen LogP contribution in [0.4, 0.5) is 0 Å². The number of hydrogen-bond donors (Lipinski definition) is 1. The first kappa shape index (κ1) is 14.6. The number of rotatable bonds is 2. The number of benzene rings is 2. The van der Waals surface area contributed by atoms with E-state index in [9.17, 15) is 4.79 Å². The Kier molecular flexibility index (Phi) is 4.31. The van der Waals surface area contributed by atoms with Gasteiger partial charge in [0.15, 0.2) is 0 Å². The van der Waals surface area contributed by atoms with Crippen LogP contribution in [0.3, 0.4) is 0 Å². The van der Waals surface area contributed by atoms with Crippen molar-refractivity contribution in [3.05, 3.63) is 62.5 Å². The first-order valence-electron chi connectivity index (χ1n) is 6.63. The Morgan fingerprint density at radius 1 is 1.19 bits per heavy atom. The number of para-hydroxylation sites is 1. The number of fused-ring (bicyclic) bond motifs is 1. The molecule has 0 saturated carbocycles. The summed E-state index contributed by atoms with van der Waals surface area (Å²) in [7, 11) is 0. The molecular weight excluding hydrogens is 398 g/mol. The lowest BCUT2D eigenvalue weighted by molar-refractivity contribution is 0.0924. The molecule has 0 fully saturated rings. The molecule has 108 valence electrons. The van der Waals surface area contributed by atoms with Crippen molar-refractivity contribution in [2.45, 2.75) is 12.5 Å². The maximum Gasteiger partial charge on any atom is 0.252 e. The molecule has 3 nitrogen and oxygen atoms in total. The Morgan fingerprint density at radius 2 is 2.00 bits per heavy atom. The Bertz CT molecular complexity index is 688. The monoisotopic (exact) mass is 409 g/mol. The first-order chi connectivity index (χ1) is 10.1. The molecule has 2 aromatic carbocycles. The molecule has 0 saturated heterocycles. The smallest absolute Gasteiger partial charge is 0.252 e. The van der Waals surface area contributed by atoms with Crippen LogP contribution in [0.1, 0.15) is 28.4 Å². The molecule has 0 radical (unpaired) electrons. The van der Waals surface area contributed by atoms with E-state index in [-0.39, 0.29) is 11.9 Å². The van der Waals surface area contributed by atoms with Gasteiger partial charge in [0.2, 0.25) is 0 Å². The molecule has 1 heterocycles. The fourth-order valence-corrected chi connectivity index (χ4v) is 3.19. The fourth-order valence-electron chi connectivity index (χ4n) is 2.40. The second kappa shape index (κ2) is 6.20. The van der Waals surface area contributed by atoms with Gasteiger partial charge in [-0.2, -0.15) is 0 Å². The fraction of sp³-hybridized carbons (Fsp3) is 0.188. The molecule has 1 aliphatic heterocycles. The number of hydrogen-bond acceptors (Lipinski definition) is 2. The van der Waals surface area contributed by atoms with Crippen molar-refractivity contribution in [3.8, 4) is 5.75 Å². The highest BCUT2D eigenvalue weighted by molar-refractivity contribution is 9.11. The van der Waals surface area contributed by atoms with Gasteiger partial charge in [-0.25, -0.2) is 0 Å². The van der Waals surface area contributed by atoms with Crippen molar-refractivity contribution in [2.24, 2.45) is 0 Å². The maximum atomic E-state index is 12.5. The molecular formula is C16H13Br2NO2. The minimum absolute atomic E-state index is 0.0201. The summed E-state index contributed by atoms with van der Waals surface area (Å²) in [4.78, 5) is 12.5. The van der Waals surface area contributed by atoms with Gasteiger partial charge in [-0.3, -0.25) is 4.79 Å². The average molecular weight is 411 g/mol. The Balaban J connectivity index is 1.84. The summed E-state index contributed by atoms with van der Waals surface area (Å²) in [6.45, 7) is 0.613. The molecule has 0 bridgehead atoms. The molecule has 2 aromatic rings. The molecule has 0 aromatic heterocycles. The van der Waals surface area contributed by atoms with Crippen molar-refractivity contribution < 1.29 is 9.53 Å². The molecule has 0 aliphatic carbocycles. The Hall–Kier alpha value is -1.33. The molecule has 5 heteroatoms. The summed E-state index contributed by atoms with van der Waals surface area (Å²) in [6.07, 6.45) is 0.772. The standard InChI is InChI=1S/C16H13Br2NO2/c17-10-5-6-13(18)12(9-10)16(20)19-14-7-8-21-15-4-2-1-3-11(14)15/h1-6,9,14H,7-8H2,(H,19,20). The van der Waals surface area contributed by atoms with Crippen molar-refractivity contribution >= 4 is 37.8 Å². The van der Waals surface area contributed by atoms with Gasteiger partial charge in [0.1, 0.15) is 5.75 Å². The van der Waals surface area contributed by atoms with Gasteiger partial charge in [-0.15, -0.1) is 0 Å². The largest absolute Gasteiger partial charge is 0.493 e.